The summed E-state index contributed by atoms with van der Waals surface area (Å²) in [6.45, 7) is -0.339. The van der Waals surface area contributed by atoms with E-state index in [1.54, 1.807) is 30.5 Å². The molecular weight excluding hydrogens is 332 g/mol. The van der Waals surface area contributed by atoms with Crippen LogP contribution in [0, 0.1) is 11.3 Å². The molecule has 0 amide bonds. The Labute approximate surface area is 147 Å². The van der Waals surface area contributed by atoms with Crippen LogP contribution in [0.15, 0.2) is 42.9 Å². The van der Waals surface area contributed by atoms with Gasteiger partial charge in [-0.2, -0.15) is 9.78 Å². The van der Waals surface area contributed by atoms with Crippen LogP contribution in [0.25, 0.3) is 28.2 Å². The maximum Gasteiger partial charge on any atom is 0.223 e. The summed E-state index contributed by atoms with van der Waals surface area (Å²) in [4.78, 5) is 17.0. The summed E-state index contributed by atoms with van der Waals surface area (Å²) in [5, 5.41) is 23.0. The zero-order valence-electron chi connectivity index (χ0n) is 13.4. The Bertz CT molecular complexity index is 1150. The maximum absolute atomic E-state index is 9.47. The van der Waals surface area contributed by atoms with E-state index in [9.17, 15) is 10.4 Å². The molecule has 9 heteroatoms. The number of nitrogens with two attached hydrogens (primary N) is 1. The minimum atomic E-state index is -0.339. The molecule has 0 aliphatic heterocycles. The van der Waals surface area contributed by atoms with E-state index in [1.807, 2.05) is 6.07 Å². The Morgan fingerprint density at radius 2 is 2.04 bits per heavy atom. The number of benzene rings is 1. The molecule has 0 bridgehead atoms. The summed E-state index contributed by atoms with van der Waals surface area (Å²) in [6, 6.07) is 10.9. The van der Waals surface area contributed by atoms with E-state index < -0.39 is 0 Å². The summed E-state index contributed by atoms with van der Waals surface area (Å²) < 4.78 is 1.35. The summed E-state index contributed by atoms with van der Waals surface area (Å²) in [5.74, 6) is 0.298. The largest absolute Gasteiger partial charge is 0.388 e. The molecule has 0 aliphatic rings. The molecule has 4 rings (SSSR count). The molecule has 0 fully saturated rings. The summed E-state index contributed by atoms with van der Waals surface area (Å²) in [7, 11) is 0. The van der Waals surface area contributed by atoms with E-state index in [4.69, 9.17) is 5.73 Å². The van der Waals surface area contributed by atoms with Crippen molar-refractivity contribution < 1.29 is 5.11 Å². The molecule has 4 aromatic rings. The molecule has 0 spiro atoms. The average molecular weight is 344 g/mol. The predicted octanol–water partition coefficient (Wildman–Crippen LogP) is 1.19. The Morgan fingerprint density at radius 3 is 2.77 bits per heavy atom. The fraction of sp³-hybridized carbons (Fsp3) is 0.0588. The fourth-order valence-electron chi connectivity index (χ4n) is 2.72. The molecule has 0 unspecified atom stereocenters. The highest BCUT2D eigenvalue weighted by atomic mass is 16.3. The van der Waals surface area contributed by atoms with Gasteiger partial charge in [-0.05, 0) is 12.1 Å². The second kappa shape index (κ2) is 6.19. The van der Waals surface area contributed by atoms with Gasteiger partial charge in [0.1, 0.15) is 12.9 Å². The van der Waals surface area contributed by atoms with Crippen LogP contribution in [0.5, 0.6) is 0 Å². The number of aliphatic hydroxyl groups is 1. The monoisotopic (exact) mass is 344 g/mol. The molecule has 0 aliphatic carbocycles. The van der Waals surface area contributed by atoms with Crippen molar-refractivity contribution in [2.45, 2.75) is 6.61 Å². The molecule has 9 nitrogen and oxygen atoms in total. The number of nitrogens with zero attached hydrogens (tertiary/aromatic N) is 7. The average Bonchev–Trinajstić information content (AvgIpc) is 3.13. The zero-order chi connectivity index (χ0) is 18.1. The molecule has 0 atom stereocenters. The van der Waals surface area contributed by atoms with E-state index in [-0.39, 0.29) is 18.4 Å². The quantitative estimate of drug-likeness (QED) is 0.565. The highest BCUT2D eigenvalue weighted by Gasteiger charge is 2.21. The first-order chi connectivity index (χ1) is 12.7. The third-order valence-corrected chi connectivity index (χ3v) is 3.84. The van der Waals surface area contributed by atoms with Crippen LogP contribution < -0.4 is 5.73 Å². The third-order valence-electron chi connectivity index (χ3n) is 3.84. The van der Waals surface area contributed by atoms with Crippen molar-refractivity contribution in [3.63, 3.8) is 0 Å². The Balaban J connectivity index is 2.15. The first-order valence-electron chi connectivity index (χ1n) is 7.64. The number of aromatic nitrogens is 6. The van der Waals surface area contributed by atoms with Crippen LogP contribution in [0.1, 0.15) is 11.4 Å². The minimum Gasteiger partial charge on any atom is -0.388 e. The first-order valence-corrected chi connectivity index (χ1v) is 7.64. The smallest absolute Gasteiger partial charge is 0.223 e. The van der Waals surface area contributed by atoms with Gasteiger partial charge in [0.25, 0.3) is 0 Å². The van der Waals surface area contributed by atoms with Gasteiger partial charge in [-0.1, -0.05) is 18.2 Å². The van der Waals surface area contributed by atoms with Gasteiger partial charge in [0.15, 0.2) is 11.5 Å². The highest BCUT2D eigenvalue weighted by Crippen LogP contribution is 2.34. The van der Waals surface area contributed by atoms with E-state index in [2.05, 4.69) is 31.1 Å². The summed E-state index contributed by atoms with van der Waals surface area (Å²) in [6.07, 6.45) is 3.00. The molecule has 3 aromatic heterocycles. The number of nitrogen functional groups attached to an aromatic ring is 1. The topological polar surface area (TPSA) is 139 Å². The van der Waals surface area contributed by atoms with Crippen molar-refractivity contribution in [2.75, 3.05) is 5.73 Å². The van der Waals surface area contributed by atoms with Crippen LogP contribution in [-0.2, 0) is 6.61 Å². The SMILES string of the molecule is N#Cc1ccccc1-c1nc(N)n2nc(CO)nc2c1-c1ccncn1. The number of hydrogen-bond donors (Lipinski definition) is 2. The second-order valence-corrected chi connectivity index (χ2v) is 5.37. The maximum atomic E-state index is 9.47. The summed E-state index contributed by atoms with van der Waals surface area (Å²) >= 11 is 0. The lowest BCUT2D eigenvalue weighted by Gasteiger charge is -2.12. The molecule has 26 heavy (non-hydrogen) atoms. The number of anilines is 1. The standard InChI is InChI=1S/C17H12N8O/c18-7-10-3-1-2-4-11(10)15-14(12-5-6-20-9-21-12)16-22-13(8-26)24-25(16)17(19)23-15/h1-6,9,26H,8H2,(H2,19,23). The molecule has 0 saturated carbocycles. The first kappa shape index (κ1) is 15.6. The normalized spacial score (nSPS) is 10.8. The molecule has 126 valence electrons. The van der Waals surface area contributed by atoms with Gasteiger partial charge in [-0.25, -0.2) is 19.9 Å². The van der Waals surface area contributed by atoms with Gasteiger partial charge in [-0.3, -0.25) is 0 Å². The van der Waals surface area contributed by atoms with E-state index >= 15 is 0 Å². The zero-order valence-corrected chi connectivity index (χ0v) is 13.4. The molecule has 0 radical (unpaired) electrons. The lowest BCUT2D eigenvalue weighted by Crippen LogP contribution is -2.07. The van der Waals surface area contributed by atoms with Crippen LogP contribution in [0.3, 0.4) is 0 Å². The molecular formula is C17H12N8O. The van der Waals surface area contributed by atoms with Gasteiger partial charge in [0.2, 0.25) is 5.95 Å². The summed E-state index contributed by atoms with van der Waals surface area (Å²) in [5.41, 5.74) is 9.06. The van der Waals surface area contributed by atoms with Gasteiger partial charge >= 0.3 is 0 Å². The number of fused-ring (bicyclic) bond motifs is 1. The number of hydrogen-bond acceptors (Lipinski definition) is 8. The fourth-order valence-corrected chi connectivity index (χ4v) is 2.72. The van der Waals surface area contributed by atoms with E-state index in [0.717, 1.165) is 0 Å². The van der Waals surface area contributed by atoms with Crippen molar-refractivity contribution in [3.8, 4) is 28.6 Å². The van der Waals surface area contributed by atoms with E-state index in [0.29, 0.717) is 33.7 Å². The number of rotatable bonds is 3. The molecule has 0 saturated heterocycles. The predicted molar refractivity (Wildman–Crippen MR) is 92.3 cm³/mol. The third kappa shape index (κ3) is 2.42. The lowest BCUT2D eigenvalue weighted by molar-refractivity contribution is 0.271. The van der Waals surface area contributed by atoms with Gasteiger partial charge in [0.05, 0.1) is 28.6 Å². The van der Waals surface area contributed by atoms with Crippen molar-refractivity contribution >= 4 is 11.6 Å². The molecule has 1 aromatic carbocycles. The number of nitriles is 1. The Kier molecular flexibility index (Phi) is 3.72. The van der Waals surface area contributed by atoms with Crippen LogP contribution >= 0.6 is 0 Å². The van der Waals surface area contributed by atoms with Crippen molar-refractivity contribution in [1.82, 2.24) is 29.5 Å². The van der Waals surface area contributed by atoms with Crippen molar-refractivity contribution in [2.24, 2.45) is 0 Å². The number of aliphatic hydroxyl groups excluding tert-OH is 1. The van der Waals surface area contributed by atoms with Gasteiger partial charge < -0.3 is 10.8 Å². The van der Waals surface area contributed by atoms with Crippen molar-refractivity contribution in [1.29, 1.82) is 5.26 Å². The van der Waals surface area contributed by atoms with Gasteiger partial charge in [0, 0.05) is 11.8 Å². The van der Waals surface area contributed by atoms with Crippen molar-refractivity contribution in [3.05, 3.63) is 54.2 Å². The second-order valence-electron chi connectivity index (χ2n) is 5.37. The Hall–Kier alpha value is -3.90. The Morgan fingerprint density at radius 1 is 1.19 bits per heavy atom. The highest BCUT2D eigenvalue weighted by molar-refractivity contribution is 5.90. The van der Waals surface area contributed by atoms with Crippen LogP contribution in [-0.4, -0.2) is 34.7 Å². The van der Waals surface area contributed by atoms with Gasteiger partial charge in [-0.15, -0.1) is 5.10 Å². The molecule has 3 N–H and O–H groups in total. The molecule has 3 heterocycles. The lowest BCUT2D eigenvalue weighted by atomic mass is 9.99. The van der Waals surface area contributed by atoms with Crippen LogP contribution in [0.2, 0.25) is 0 Å². The van der Waals surface area contributed by atoms with E-state index in [1.165, 1.54) is 10.8 Å². The van der Waals surface area contributed by atoms with Crippen LogP contribution in [0.4, 0.5) is 5.95 Å². The minimum absolute atomic E-state index is 0.0905.